The van der Waals surface area contributed by atoms with E-state index in [0.717, 1.165) is 5.56 Å². The molecule has 0 bridgehead atoms. The molecule has 2 N–H and O–H groups in total. The van der Waals surface area contributed by atoms with Crippen LogP contribution in [0.2, 0.25) is 0 Å². The number of phenols is 1. The molecule has 0 unspecified atom stereocenters. The molecule has 0 saturated carbocycles. The summed E-state index contributed by atoms with van der Waals surface area (Å²) in [5, 5.41) is 22.1. The number of hydroxylamine groups is 2. The maximum absolute atomic E-state index is 11.5. The second-order valence-corrected chi connectivity index (χ2v) is 8.05. The first-order chi connectivity index (χ1) is 13.0. The molecule has 1 aromatic rings. The number of rotatable bonds is 5. The second-order valence-electron chi connectivity index (χ2n) is 8.05. The fourth-order valence-electron chi connectivity index (χ4n) is 3.58. The molecule has 5 heteroatoms. The summed E-state index contributed by atoms with van der Waals surface area (Å²) in [6.45, 7) is 13.7. The minimum atomic E-state index is -0.419. The lowest BCUT2D eigenvalue weighted by atomic mass is 9.80. The van der Waals surface area contributed by atoms with Gasteiger partial charge in [0, 0.05) is 23.9 Å². The highest BCUT2D eigenvalue weighted by Crippen LogP contribution is 2.39. The molecule has 0 aliphatic carbocycles. The van der Waals surface area contributed by atoms with Crippen LogP contribution in [0.3, 0.4) is 0 Å². The average molecular weight is 390 g/mol. The number of allylic oxidation sites excluding steroid dienone is 3. The van der Waals surface area contributed by atoms with Crippen LogP contribution >= 0.6 is 0 Å². The maximum atomic E-state index is 11.5. The van der Waals surface area contributed by atoms with Gasteiger partial charge in [0.15, 0.2) is 17.3 Å². The van der Waals surface area contributed by atoms with Crippen LogP contribution in [-0.4, -0.2) is 38.3 Å². The minimum absolute atomic E-state index is 0.0349. The van der Waals surface area contributed by atoms with Crippen LogP contribution in [0.25, 0.3) is 6.08 Å². The third kappa shape index (κ3) is 6.21. The van der Waals surface area contributed by atoms with Gasteiger partial charge in [-0.15, -0.1) is 0 Å². The molecule has 1 aromatic carbocycles. The first kappa shape index (κ1) is 23.9. The molecule has 28 heavy (non-hydrogen) atoms. The lowest BCUT2D eigenvalue weighted by Crippen LogP contribution is -2.61. The van der Waals surface area contributed by atoms with Crippen molar-refractivity contribution in [3.63, 3.8) is 0 Å². The Hall–Kier alpha value is -2.11. The van der Waals surface area contributed by atoms with Gasteiger partial charge in [-0.1, -0.05) is 32.1 Å². The van der Waals surface area contributed by atoms with E-state index in [-0.39, 0.29) is 17.6 Å². The van der Waals surface area contributed by atoms with Crippen molar-refractivity contribution in [3.8, 4) is 11.5 Å². The Kier molecular flexibility index (Phi) is 8.46. The van der Waals surface area contributed by atoms with E-state index in [1.54, 1.807) is 37.3 Å². The number of aromatic hydroxyl groups is 1. The van der Waals surface area contributed by atoms with Crippen LogP contribution < -0.4 is 4.74 Å². The molecule has 0 aromatic heterocycles. The summed E-state index contributed by atoms with van der Waals surface area (Å²) in [5.74, 6) is 0.338. The van der Waals surface area contributed by atoms with Crippen LogP contribution in [-0.2, 0) is 4.79 Å². The Labute approximate surface area is 169 Å². The van der Waals surface area contributed by atoms with E-state index in [2.05, 4.69) is 0 Å². The van der Waals surface area contributed by atoms with E-state index in [1.165, 1.54) is 17.2 Å². The van der Waals surface area contributed by atoms with Gasteiger partial charge >= 0.3 is 0 Å². The zero-order valence-corrected chi connectivity index (χ0v) is 18.2. The smallest absolute Gasteiger partial charge is 0.178 e. The molecule has 1 fully saturated rings. The Balaban J connectivity index is 0.00000190. The van der Waals surface area contributed by atoms with Crippen LogP contribution in [0.4, 0.5) is 0 Å². The second kappa shape index (κ2) is 9.89. The number of phenolic OH excluding ortho intramolecular Hbond substituents is 1. The molecule has 1 saturated heterocycles. The van der Waals surface area contributed by atoms with Crippen molar-refractivity contribution in [1.29, 1.82) is 0 Å². The summed E-state index contributed by atoms with van der Waals surface area (Å²) in [5.41, 5.74) is -0.117. The largest absolute Gasteiger partial charge is 0.504 e. The van der Waals surface area contributed by atoms with Crippen LogP contribution in [0.15, 0.2) is 36.4 Å². The number of hydrogen-bond donors (Lipinski definition) is 2. The van der Waals surface area contributed by atoms with E-state index in [1.807, 2.05) is 41.5 Å². The summed E-state index contributed by atoms with van der Waals surface area (Å²) in [4.78, 5) is 11.5. The molecule has 0 atom stereocenters. The molecular weight excluding hydrogens is 354 g/mol. The van der Waals surface area contributed by atoms with Crippen LogP contribution in [0.1, 0.15) is 66.9 Å². The summed E-state index contributed by atoms with van der Waals surface area (Å²) in [7, 11) is 0. The summed E-state index contributed by atoms with van der Waals surface area (Å²) in [6.07, 6.45) is 7.44. The molecule has 0 amide bonds. The Morgan fingerprint density at radius 1 is 1.14 bits per heavy atom. The summed E-state index contributed by atoms with van der Waals surface area (Å²) < 4.78 is 6.03. The van der Waals surface area contributed by atoms with Crippen LogP contribution in [0.5, 0.6) is 11.5 Å². The van der Waals surface area contributed by atoms with Gasteiger partial charge in [0.25, 0.3) is 0 Å². The van der Waals surface area contributed by atoms with E-state index in [9.17, 15) is 15.1 Å². The lowest BCUT2D eigenvalue weighted by molar-refractivity contribution is -0.254. The van der Waals surface area contributed by atoms with Gasteiger partial charge in [-0.2, -0.15) is 5.06 Å². The monoisotopic (exact) mass is 389 g/mol. The zero-order chi connectivity index (χ0) is 21.5. The molecule has 1 aliphatic rings. The van der Waals surface area contributed by atoms with Gasteiger partial charge < -0.3 is 15.1 Å². The van der Waals surface area contributed by atoms with E-state index in [4.69, 9.17) is 4.74 Å². The van der Waals surface area contributed by atoms with Gasteiger partial charge in [-0.3, -0.25) is 4.79 Å². The van der Waals surface area contributed by atoms with Crippen molar-refractivity contribution in [1.82, 2.24) is 5.06 Å². The molecular formula is C23H35NO4. The van der Waals surface area contributed by atoms with Crippen molar-refractivity contribution >= 4 is 11.9 Å². The fourth-order valence-corrected chi connectivity index (χ4v) is 3.58. The lowest BCUT2D eigenvalue weighted by Gasteiger charge is -2.51. The van der Waals surface area contributed by atoms with Crippen molar-refractivity contribution < 1.29 is 19.8 Å². The average Bonchev–Trinajstić information content (AvgIpc) is 2.61. The number of hydrogen-bond acceptors (Lipinski definition) is 5. The standard InChI is InChI=1S/C21H29NO4.C2H6/c1-6-7-16(23)10-8-15-9-11-19(18(24)12-15)26-17-13-20(2,3)22(25)21(4,5)14-17;1-2/h6-12,17,24-25H,13-14H2,1-5H3;1-2H3/b7-6+,10-8+;. The van der Waals surface area contributed by atoms with Crippen molar-refractivity contribution in [2.24, 2.45) is 0 Å². The van der Waals surface area contributed by atoms with E-state index < -0.39 is 11.1 Å². The Bertz CT molecular complexity index is 701. The zero-order valence-electron chi connectivity index (χ0n) is 18.2. The summed E-state index contributed by atoms with van der Waals surface area (Å²) >= 11 is 0. The van der Waals surface area contributed by atoms with Crippen molar-refractivity contribution in [2.75, 3.05) is 0 Å². The Morgan fingerprint density at radius 2 is 1.71 bits per heavy atom. The first-order valence-electron chi connectivity index (χ1n) is 9.89. The fraction of sp³-hybridized carbons (Fsp3) is 0.522. The predicted molar refractivity (Wildman–Crippen MR) is 114 cm³/mol. The van der Waals surface area contributed by atoms with Gasteiger partial charge in [0.05, 0.1) is 0 Å². The first-order valence-corrected chi connectivity index (χ1v) is 9.89. The maximum Gasteiger partial charge on any atom is 0.178 e. The number of carbonyl (C=O) groups is 1. The highest BCUT2D eigenvalue weighted by molar-refractivity contribution is 6.01. The molecule has 0 spiro atoms. The normalized spacial score (nSPS) is 19.4. The molecule has 1 aliphatic heterocycles. The number of ketones is 1. The van der Waals surface area contributed by atoms with Gasteiger partial charge in [0.2, 0.25) is 0 Å². The highest BCUT2D eigenvalue weighted by Gasteiger charge is 2.46. The van der Waals surface area contributed by atoms with E-state index >= 15 is 0 Å². The summed E-state index contributed by atoms with van der Waals surface area (Å²) in [6, 6.07) is 5.08. The van der Waals surface area contributed by atoms with Crippen LogP contribution in [0, 0.1) is 0 Å². The predicted octanol–water partition coefficient (Wildman–Crippen LogP) is 5.37. The third-order valence-electron chi connectivity index (χ3n) is 4.65. The number of benzene rings is 1. The Morgan fingerprint density at radius 3 is 2.21 bits per heavy atom. The minimum Gasteiger partial charge on any atom is -0.504 e. The molecule has 156 valence electrons. The van der Waals surface area contributed by atoms with Crippen molar-refractivity contribution in [2.45, 2.75) is 78.5 Å². The molecule has 5 nitrogen and oxygen atoms in total. The molecule has 2 rings (SSSR count). The number of piperidine rings is 1. The van der Waals surface area contributed by atoms with Gasteiger partial charge in [0.1, 0.15) is 6.10 Å². The van der Waals surface area contributed by atoms with Crippen molar-refractivity contribution in [3.05, 3.63) is 42.0 Å². The quantitative estimate of drug-likeness (QED) is 0.663. The highest BCUT2D eigenvalue weighted by atomic mass is 16.5. The number of carbonyl (C=O) groups excluding carboxylic acids is 1. The molecule has 0 radical (unpaired) electrons. The SMILES string of the molecule is C/C=C/C(=O)/C=C/c1ccc(OC2CC(C)(C)N(O)C(C)(C)C2)c(O)c1.CC. The number of ether oxygens (including phenoxy) is 1. The topological polar surface area (TPSA) is 70.0 Å². The van der Waals surface area contributed by atoms with Gasteiger partial charge in [-0.05, 0) is 64.5 Å². The number of nitrogens with zero attached hydrogens (tertiary/aromatic N) is 1. The third-order valence-corrected chi connectivity index (χ3v) is 4.65. The molecule has 1 heterocycles. The van der Waals surface area contributed by atoms with Gasteiger partial charge in [-0.25, -0.2) is 0 Å². The van der Waals surface area contributed by atoms with E-state index in [0.29, 0.717) is 18.6 Å².